The van der Waals surface area contributed by atoms with E-state index in [1.54, 1.807) is 10.9 Å². The van der Waals surface area contributed by atoms with E-state index >= 15 is 0 Å². The highest BCUT2D eigenvalue weighted by Gasteiger charge is 2.24. The summed E-state index contributed by atoms with van der Waals surface area (Å²) in [5.41, 5.74) is 1.63. The number of hydrogen-bond acceptors (Lipinski definition) is 4. The Hall–Kier alpha value is -2.30. The number of aromatic nitrogens is 2. The molecular formula is C15H16N2O3. The molecule has 1 aliphatic rings. The molecule has 0 saturated heterocycles. The van der Waals surface area contributed by atoms with Crippen LogP contribution in [-0.2, 0) is 17.7 Å². The van der Waals surface area contributed by atoms with E-state index in [4.69, 9.17) is 9.47 Å². The largest absolute Gasteiger partial charge is 0.486 e. The second-order valence-electron chi connectivity index (χ2n) is 4.73. The summed E-state index contributed by atoms with van der Waals surface area (Å²) in [5.74, 6) is 0.525. The van der Waals surface area contributed by atoms with Gasteiger partial charge in [0.25, 0.3) is 0 Å². The zero-order valence-corrected chi connectivity index (χ0v) is 11.3. The first-order valence-corrected chi connectivity index (χ1v) is 6.70. The van der Waals surface area contributed by atoms with Crippen LogP contribution in [0.4, 0.5) is 0 Å². The Balaban J connectivity index is 1.55. The Morgan fingerprint density at radius 2 is 2.35 bits per heavy atom. The Kier molecular flexibility index (Phi) is 3.41. The lowest BCUT2D eigenvalue weighted by atomic mass is 10.1. The predicted molar refractivity (Wildman–Crippen MR) is 72.7 cm³/mol. The summed E-state index contributed by atoms with van der Waals surface area (Å²) in [6.07, 6.45) is 3.89. The molecule has 104 valence electrons. The Bertz CT molecular complexity index is 596. The summed E-state index contributed by atoms with van der Waals surface area (Å²) < 4.78 is 12.7. The molecule has 0 radical (unpaired) electrons. The van der Waals surface area contributed by atoms with Crippen LogP contribution in [0.5, 0.6) is 5.75 Å². The molecule has 0 fully saturated rings. The Morgan fingerprint density at radius 3 is 3.10 bits per heavy atom. The van der Waals surface area contributed by atoms with Gasteiger partial charge < -0.3 is 9.47 Å². The molecule has 1 aromatic heterocycles. The molecule has 0 N–H and O–H groups in total. The summed E-state index contributed by atoms with van der Waals surface area (Å²) >= 11 is 0. The number of esters is 1. The summed E-state index contributed by atoms with van der Waals surface area (Å²) in [6.45, 7) is 2.95. The molecule has 20 heavy (non-hydrogen) atoms. The van der Waals surface area contributed by atoms with Gasteiger partial charge in [-0.05, 0) is 18.6 Å². The molecule has 1 atom stereocenters. The second-order valence-corrected chi connectivity index (χ2v) is 4.73. The monoisotopic (exact) mass is 272 g/mol. The lowest BCUT2D eigenvalue weighted by Crippen LogP contribution is -2.22. The number of carbonyl (C=O) groups excluding carboxylic acids is 1. The number of rotatable bonds is 4. The number of hydrogen-bond donors (Lipinski definition) is 0. The highest BCUT2D eigenvalue weighted by atomic mass is 16.6. The number of para-hydroxylation sites is 1. The van der Waals surface area contributed by atoms with Crippen LogP contribution in [0.15, 0.2) is 36.7 Å². The number of aryl methyl sites for hydroxylation is 1. The number of fused-ring (bicyclic) bond motifs is 1. The fourth-order valence-corrected chi connectivity index (χ4v) is 2.24. The van der Waals surface area contributed by atoms with Crippen molar-refractivity contribution in [2.45, 2.75) is 26.0 Å². The molecule has 0 spiro atoms. The van der Waals surface area contributed by atoms with Crippen molar-refractivity contribution in [2.24, 2.45) is 0 Å². The molecule has 5 heteroatoms. The zero-order chi connectivity index (χ0) is 13.9. The van der Waals surface area contributed by atoms with Crippen molar-refractivity contribution in [1.29, 1.82) is 0 Å². The van der Waals surface area contributed by atoms with Crippen molar-refractivity contribution in [3.05, 3.63) is 47.8 Å². The number of ether oxygens (including phenoxy) is 2. The van der Waals surface area contributed by atoms with Gasteiger partial charge in [-0.15, -0.1) is 0 Å². The molecule has 0 aliphatic carbocycles. The Labute approximate surface area is 117 Å². The maximum Gasteiger partial charge on any atom is 0.341 e. The van der Waals surface area contributed by atoms with Crippen LogP contribution in [0, 0.1) is 0 Å². The van der Waals surface area contributed by atoms with Gasteiger partial charge >= 0.3 is 5.97 Å². The maximum absolute atomic E-state index is 11.9. The maximum atomic E-state index is 11.9. The molecule has 2 aromatic rings. The van der Waals surface area contributed by atoms with Gasteiger partial charge in [0.2, 0.25) is 0 Å². The van der Waals surface area contributed by atoms with Gasteiger partial charge in [0, 0.05) is 19.2 Å². The van der Waals surface area contributed by atoms with E-state index in [2.05, 4.69) is 5.10 Å². The molecule has 5 nitrogen and oxygen atoms in total. The summed E-state index contributed by atoms with van der Waals surface area (Å²) in [5, 5.41) is 4.05. The molecule has 3 rings (SSSR count). The first kappa shape index (κ1) is 12.7. The van der Waals surface area contributed by atoms with Crippen molar-refractivity contribution in [3.63, 3.8) is 0 Å². The fourth-order valence-electron chi connectivity index (χ4n) is 2.24. The third-order valence-electron chi connectivity index (χ3n) is 3.31. The van der Waals surface area contributed by atoms with Crippen LogP contribution < -0.4 is 4.74 Å². The topological polar surface area (TPSA) is 53.4 Å². The van der Waals surface area contributed by atoms with E-state index in [0.717, 1.165) is 24.3 Å². The zero-order valence-electron chi connectivity index (χ0n) is 11.3. The Morgan fingerprint density at radius 1 is 1.50 bits per heavy atom. The average Bonchev–Trinajstić information content (AvgIpc) is 3.10. The molecule has 0 saturated carbocycles. The fraction of sp³-hybridized carbons (Fsp3) is 0.333. The van der Waals surface area contributed by atoms with Crippen LogP contribution >= 0.6 is 0 Å². The van der Waals surface area contributed by atoms with Crippen LogP contribution in [0.3, 0.4) is 0 Å². The third-order valence-corrected chi connectivity index (χ3v) is 3.31. The van der Waals surface area contributed by atoms with Crippen molar-refractivity contribution < 1.29 is 14.3 Å². The van der Waals surface area contributed by atoms with Crippen LogP contribution in [0.2, 0.25) is 0 Å². The van der Waals surface area contributed by atoms with E-state index in [-0.39, 0.29) is 18.7 Å². The molecule has 1 aromatic carbocycles. The lowest BCUT2D eigenvalue weighted by molar-refractivity contribution is 0.0346. The lowest BCUT2D eigenvalue weighted by Gasteiger charge is -2.10. The van der Waals surface area contributed by atoms with Crippen LogP contribution in [0.25, 0.3) is 0 Å². The SMILES string of the molecule is CCn1cc(C(=O)OC[C@@H]2Cc3ccccc3O2)cn1. The first-order chi connectivity index (χ1) is 9.76. The van der Waals surface area contributed by atoms with Gasteiger partial charge in [-0.2, -0.15) is 5.10 Å². The van der Waals surface area contributed by atoms with Crippen molar-refractivity contribution in [3.8, 4) is 5.75 Å². The van der Waals surface area contributed by atoms with Crippen molar-refractivity contribution in [2.75, 3.05) is 6.61 Å². The van der Waals surface area contributed by atoms with Gasteiger partial charge in [0.1, 0.15) is 18.5 Å². The standard InChI is InChI=1S/C15H16N2O3/c1-2-17-9-12(8-16-17)15(18)19-10-13-7-11-5-3-4-6-14(11)20-13/h3-6,8-9,13H,2,7,10H2,1H3/t13-/m0/s1. The van der Waals surface area contributed by atoms with Gasteiger partial charge in [-0.25, -0.2) is 4.79 Å². The minimum atomic E-state index is -0.357. The van der Waals surface area contributed by atoms with E-state index in [9.17, 15) is 4.79 Å². The highest BCUT2D eigenvalue weighted by Crippen LogP contribution is 2.28. The average molecular weight is 272 g/mol. The molecular weight excluding hydrogens is 256 g/mol. The normalized spacial score (nSPS) is 16.6. The smallest absolute Gasteiger partial charge is 0.341 e. The van der Waals surface area contributed by atoms with Crippen molar-refractivity contribution in [1.82, 2.24) is 9.78 Å². The van der Waals surface area contributed by atoms with E-state index in [1.807, 2.05) is 31.2 Å². The number of benzene rings is 1. The molecule has 1 aliphatic heterocycles. The minimum Gasteiger partial charge on any atom is -0.486 e. The highest BCUT2D eigenvalue weighted by molar-refractivity contribution is 5.88. The first-order valence-electron chi connectivity index (χ1n) is 6.70. The van der Waals surface area contributed by atoms with E-state index < -0.39 is 0 Å². The minimum absolute atomic E-state index is 0.0995. The van der Waals surface area contributed by atoms with E-state index in [1.165, 1.54) is 6.20 Å². The molecule has 2 heterocycles. The summed E-state index contributed by atoms with van der Waals surface area (Å²) in [6, 6.07) is 7.88. The predicted octanol–water partition coefficient (Wildman–Crippen LogP) is 2.06. The second kappa shape index (κ2) is 5.36. The molecule has 0 unspecified atom stereocenters. The van der Waals surface area contributed by atoms with Crippen LogP contribution in [0.1, 0.15) is 22.8 Å². The molecule has 0 amide bonds. The summed E-state index contributed by atoms with van der Waals surface area (Å²) in [4.78, 5) is 11.9. The van der Waals surface area contributed by atoms with Gasteiger partial charge in [0.05, 0.1) is 11.8 Å². The number of carbonyl (C=O) groups is 1. The van der Waals surface area contributed by atoms with Crippen molar-refractivity contribution >= 4 is 5.97 Å². The summed E-state index contributed by atoms with van der Waals surface area (Å²) in [7, 11) is 0. The number of nitrogens with zero attached hydrogens (tertiary/aromatic N) is 2. The van der Waals surface area contributed by atoms with Gasteiger partial charge in [-0.1, -0.05) is 18.2 Å². The van der Waals surface area contributed by atoms with Crippen LogP contribution in [-0.4, -0.2) is 28.5 Å². The quantitative estimate of drug-likeness (QED) is 0.799. The van der Waals surface area contributed by atoms with Gasteiger partial charge in [0.15, 0.2) is 0 Å². The molecule has 0 bridgehead atoms. The van der Waals surface area contributed by atoms with Gasteiger partial charge in [-0.3, -0.25) is 4.68 Å². The third kappa shape index (κ3) is 2.52. The van der Waals surface area contributed by atoms with E-state index in [0.29, 0.717) is 5.56 Å².